The number of amides is 1. The van der Waals surface area contributed by atoms with Gasteiger partial charge in [0.2, 0.25) is 10.0 Å². The zero-order valence-electron chi connectivity index (χ0n) is 13.1. The van der Waals surface area contributed by atoms with Crippen LogP contribution < -0.4 is 15.4 Å². The third-order valence-electron chi connectivity index (χ3n) is 2.62. The Morgan fingerprint density at radius 1 is 1.27 bits per heavy atom. The molecule has 0 aromatic carbocycles. The van der Waals surface area contributed by atoms with Gasteiger partial charge in [-0.3, -0.25) is 4.79 Å². The van der Waals surface area contributed by atoms with Gasteiger partial charge in [0.25, 0.3) is 5.91 Å². The molecule has 9 heteroatoms. The largest absolute Gasteiger partial charge is 0.356 e. The predicted molar refractivity (Wildman–Crippen MR) is 89.0 cm³/mol. The number of aromatic nitrogens is 1. The maximum absolute atomic E-state index is 11.9. The molecule has 0 unspecified atom stereocenters. The van der Waals surface area contributed by atoms with Crippen molar-refractivity contribution in [2.75, 3.05) is 19.6 Å². The van der Waals surface area contributed by atoms with Gasteiger partial charge in [-0.05, 0) is 32.9 Å². The SMILES string of the molecule is CCCNCCNC(=O)c1cc(S(=O)(=O)NC(C)C)c[nH]1.Cl. The summed E-state index contributed by atoms with van der Waals surface area (Å²) in [6.45, 7) is 7.62. The molecule has 0 radical (unpaired) electrons. The first kappa shape index (κ1) is 20.9. The first-order valence-corrected chi connectivity index (χ1v) is 8.54. The highest BCUT2D eigenvalue weighted by atomic mass is 35.5. The van der Waals surface area contributed by atoms with Crippen LogP contribution in [0.5, 0.6) is 0 Å². The van der Waals surface area contributed by atoms with Gasteiger partial charge in [0.05, 0.1) is 0 Å². The van der Waals surface area contributed by atoms with E-state index in [1.807, 2.05) is 0 Å². The minimum Gasteiger partial charge on any atom is -0.356 e. The second-order valence-electron chi connectivity index (χ2n) is 5.03. The fraction of sp³-hybridized carbons (Fsp3) is 0.615. The van der Waals surface area contributed by atoms with Crippen molar-refractivity contribution in [3.8, 4) is 0 Å². The van der Waals surface area contributed by atoms with Gasteiger partial charge in [-0.15, -0.1) is 12.4 Å². The average molecular weight is 353 g/mol. The predicted octanol–water partition coefficient (Wildman–Crippen LogP) is 0.853. The summed E-state index contributed by atoms with van der Waals surface area (Å²) in [5.74, 6) is -0.320. The van der Waals surface area contributed by atoms with Crippen molar-refractivity contribution in [2.45, 2.75) is 38.1 Å². The fourth-order valence-electron chi connectivity index (χ4n) is 1.70. The lowest BCUT2D eigenvalue weighted by Gasteiger charge is -2.07. The summed E-state index contributed by atoms with van der Waals surface area (Å²) in [5.41, 5.74) is 0.231. The van der Waals surface area contributed by atoms with Crippen molar-refractivity contribution in [3.63, 3.8) is 0 Å². The first-order valence-electron chi connectivity index (χ1n) is 7.06. The Morgan fingerprint density at radius 3 is 2.55 bits per heavy atom. The Kier molecular flexibility index (Phi) is 9.34. The third-order valence-corrected chi connectivity index (χ3v) is 4.25. The molecule has 0 aliphatic rings. The molecule has 0 fully saturated rings. The molecule has 128 valence electrons. The summed E-state index contributed by atoms with van der Waals surface area (Å²) in [7, 11) is -3.58. The zero-order valence-corrected chi connectivity index (χ0v) is 14.7. The van der Waals surface area contributed by atoms with E-state index in [-0.39, 0.29) is 34.9 Å². The lowest BCUT2D eigenvalue weighted by atomic mass is 10.4. The van der Waals surface area contributed by atoms with Crippen LogP contribution in [-0.4, -0.2) is 45.0 Å². The highest BCUT2D eigenvalue weighted by molar-refractivity contribution is 7.89. The highest BCUT2D eigenvalue weighted by Crippen LogP contribution is 2.11. The second kappa shape index (κ2) is 9.83. The van der Waals surface area contributed by atoms with E-state index in [2.05, 4.69) is 27.3 Å². The molecular weight excluding hydrogens is 328 g/mol. The maximum atomic E-state index is 11.9. The lowest BCUT2D eigenvalue weighted by molar-refractivity contribution is 0.0949. The van der Waals surface area contributed by atoms with Crippen LogP contribution in [0.4, 0.5) is 0 Å². The van der Waals surface area contributed by atoms with Crippen LogP contribution in [0.1, 0.15) is 37.7 Å². The van der Waals surface area contributed by atoms with Gasteiger partial charge in [0, 0.05) is 25.3 Å². The smallest absolute Gasteiger partial charge is 0.267 e. The van der Waals surface area contributed by atoms with Gasteiger partial charge in [-0.1, -0.05) is 6.92 Å². The Bertz CT molecular complexity index is 557. The number of aromatic amines is 1. The molecule has 0 aliphatic carbocycles. The lowest BCUT2D eigenvalue weighted by Crippen LogP contribution is -2.32. The molecule has 22 heavy (non-hydrogen) atoms. The summed E-state index contributed by atoms with van der Waals surface area (Å²) in [5, 5.41) is 5.88. The third kappa shape index (κ3) is 6.78. The van der Waals surface area contributed by atoms with E-state index in [9.17, 15) is 13.2 Å². The monoisotopic (exact) mass is 352 g/mol. The number of rotatable bonds is 9. The molecule has 7 nitrogen and oxygen atoms in total. The molecule has 1 amide bonds. The van der Waals surface area contributed by atoms with Crippen molar-refractivity contribution >= 4 is 28.3 Å². The van der Waals surface area contributed by atoms with E-state index in [1.54, 1.807) is 13.8 Å². The van der Waals surface area contributed by atoms with Crippen molar-refractivity contribution in [2.24, 2.45) is 0 Å². The second-order valence-corrected chi connectivity index (χ2v) is 6.74. The van der Waals surface area contributed by atoms with Crippen LogP contribution in [0, 0.1) is 0 Å². The topological polar surface area (TPSA) is 103 Å². The van der Waals surface area contributed by atoms with Gasteiger partial charge < -0.3 is 15.6 Å². The molecular formula is C13H25ClN4O3S. The molecule has 0 aliphatic heterocycles. The van der Waals surface area contributed by atoms with E-state index in [0.717, 1.165) is 13.0 Å². The van der Waals surface area contributed by atoms with Crippen LogP contribution in [0.25, 0.3) is 0 Å². The minimum absolute atomic E-state index is 0. The Morgan fingerprint density at radius 2 is 1.95 bits per heavy atom. The fourth-order valence-corrected chi connectivity index (χ4v) is 2.94. The summed E-state index contributed by atoms with van der Waals surface area (Å²) >= 11 is 0. The molecule has 0 bridgehead atoms. The van der Waals surface area contributed by atoms with Crippen molar-refractivity contribution < 1.29 is 13.2 Å². The standard InChI is InChI=1S/C13H24N4O3S.ClH/c1-4-5-14-6-7-15-13(18)12-8-11(9-16-12)21(19,20)17-10(2)3;/h8-10,14,16-17H,4-7H2,1-3H3,(H,15,18);1H. The quantitative estimate of drug-likeness (QED) is 0.495. The number of H-pyrrole nitrogens is 1. The molecule has 1 aromatic heterocycles. The van der Waals surface area contributed by atoms with Gasteiger partial charge in [-0.2, -0.15) is 0 Å². The maximum Gasteiger partial charge on any atom is 0.267 e. The van der Waals surface area contributed by atoms with Gasteiger partial charge in [0.15, 0.2) is 0 Å². The first-order chi connectivity index (χ1) is 9.86. The number of hydrogen-bond donors (Lipinski definition) is 4. The number of carbonyl (C=O) groups excluding carboxylic acids is 1. The molecule has 0 atom stereocenters. The number of sulfonamides is 1. The van der Waals surface area contributed by atoms with Crippen molar-refractivity contribution in [1.29, 1.82) is 0 Å². The summed E-state index contributed by atoms with van der Waals surface area (Å²) in [6, 6.07) is 1.13. The van der Waals surface area contributed by atoms with Crippen LogP contribution in [0.3, 0.4) is 0 Å². The highest BCUT2D eigenvalue weighted by Gasteiger charge is 2.19. The summed E-state index contributed by atoms with van der Waals surface area (Å²) in [6.07, 6.45) is 2.35. The molecule has 0 saturated carbocycles. The Hall–Kier alpha value is -1.09. The van der Waals surface area contributed by atoms with Gasteiger partial charge >= 0.3 is 0 Å². The van der Waals surface area contributed by atoms with E-state index < -0.39 is 10.0 Å². The molecule has 1 rings (SSSR count). The molecule has 0 spiro atoms. The molecule has 0 saturated heterocycles. The van der Waals surface area contributed by atoms with E-state index in [1.165, 1.54) is 12.3 Å². The average Bonchev–Trinajstić information content (AvgIpc) is 2.87. The van der Waals surface area contributed by atoms with Crippen LogP contribution >= 0.6 is 12.4 Å². The zero-order chi connectivity index (χ0) is 15.9. The van der Waals surface area contributed by atoms with Crippen LogP contribution in [-0.2, 0) is 10.0 Å². The van der Waals surface area contributed by atoms with Crippen LogP contribution in [0.15, 0.2) is 17.2 Å². The molecule has 1 heterocycles. The Labute approximate surface area is 138 Å². The van der Waals surface area contributed by atoms with E-state index in [4.69, 9.17) is 0 Å². The van der Waals surface area contributed by atoms with Crippen molar-refractivity contribution in [1.82, 2.24) is 20.3 Å². The number of hydrogen-bond acceptors (Lipinski definition) is 4. The van der Waals surface area contributed by atoms with E-state index >= 15 is 0 Å². The minimum atomic E-state index is -3.58. The molecule has 1 aromatic rings. The number of halogens is 1. The van der Waals surface area contributed by atoms with Gasteiger partial charge in [-0.25, -0.2) is 13.1 Å². The Balaban J connectivity index is 0.00000441. The van der Waals surface area contributed by atoms with Gasteiger partial charge in [0.1, 0.15) is 10.6 Å². The number of nitrogens with one attached hydrogen (secondary N) is 4. The molecule has 4 N–H and O–H groups in total. The van der Waals surface area contributed by atoms with Crippen molar-refractivity contribution in [3.05, 3.63) is 18.0 Å². The summed E-state index contributed by atoms with van der Waals surface area (Å²) < 4.78 is 26.3. The normalized spacial score (nSPS) is 11.3. The number of carbonyl (C=O) groups is 1. The summed E-state index contributed by atoms with van der Waals surface area (Å²) in [4.78, 5) is 14.6. The van der Waals surface area contributed by atoms with E-state index in [0.29, 0.717) is 13.1 Å². The van der Waals surface area contributed by atoms with Crippen LogP contribution in [0.2, 0.25) is 0 Å².